The standard InChI is InChI=1S/C18H18ClNO4S/c19-16-8-4-14(5-9-16)18(21)15-6-10-17(11-7-15)24-25(22,23)20-12-2-1-3-13-20/h4-11H,1-3,12-13H2. The predicted octanol–water partition coefficient (Wildman–Crippen LogP) is 3.68. The van der Waals surface area contributed by atoms with E-state index < -0.39 is 10.3 Å². The van der Waals surface area contributed by atoms with E-state index in [0.29, 0.717) is 29.2 Å². The fourth-order valence-electron chi connectivity index (χ4n) is 2.69. The summed E-state index contributed by atoms with van der Waals surface area (Å²) in [5.74, 6) is 0.0281. The van der Waals surface area contributed by atoms with Gasteiger partial charge in [0.15, 0.2) is 5.78 Å². The highest BCUT2D eigenvalue weighted by Gasteiger charge is 2.25. The summed E-state index contributed by atoms with van der Waals surface area (Å²) in [6.07, 6.45) is 2.72. The second kappa shape index (κ2) is 7.56. The van der Waals surface area contributed by atoms with Gasteiger partial charge in [0.1, 0.15) is 5.75 Å². The van der Waals surface area contributed by atoms with Crippen LogP contribution in [0.3, 0.4) is 0 Å². The zero-order valence-electron chi connectivity index (χ0n) is 13.5. The van der Waals surface area contributed by atoms with E-state index in [9.17, 15) is 13.2 Å². The van der Waals surface area contributed by atoms with E-state index in [4.69, 9.17) is 15.8 Å². The van der Waals surface area contributed by atoms with Gasteiger partial charge in [-0.1, -0.05) is 18.0 Å². The first-order valence-corrected chi connectivity index (χ1v) is 9.80. The van der Waals surface area contributed by atoms with Crippen molar-refractivity contribution in [2.75, 3.05) is 13.1 Å². The molecule has 0 bridgehead atoms. The maximum atomic E-state index is 12.4. The molecule has 1 fully saturated rings. The molecule has 1 heterocycles. The third-order valence-electron chi connectivity index (χ3n) is 4.06. The minimum atomic E-state index is -3.79. The average molecular weight is 380 g/mol. The molecule has 0 aromatic heterocycles. The van der Waals surface area contributed by atoms with Crippen molar-refractivity contribution in [2.24, 2.45) is 0 Å². The Morgan fingerprint density at radius 2 is 1.40 bits per heavy atom. The molecule has 1 aliphatic heterocycles. The smallest absolute Gasteiger partial charge is 0.371 e. The van der Waals surface area contributed by atoms with Crippen LogP contribution in [0.4, 0.5) is 0 Å². The number of nitrogens with zero attached hydrogens (tertiary/aromatic N) is 1. The van der Waals surface area contributed by atoms with Crippen LogP contribution in [0, 0.1) is 0 Å². The Morgan fingerprint density at radius 3 is 1.96 bits per heavy atom. The molecule has 0 saturated carbocycles. The molecular formula is C18H18ClNO4S. The summed E-state index contributed by atoms with van der Waals surface area (Å²) in [5.41, 5.74) is 0.962. The Kier molecular flexibility index (Phi) is 5.42. The van der Waals surface area contributed by atoms with E-state index in [0.717, 1.165) is 19.3 Å². The van der Waals surface area contributed by atoms with Crippen LogP contribution in [0.2, 0.25) is 5.02 Å². The van der Waals surface area contributed by atoms with Crippen molar-refractivity contribution >= 4 is 27.7 Å². The van der Waals surface area contributed by atoms with Gasteiger partial charge in [0.25, 0.3) is 0 Å². The van der Waals surface area contributed by atoms with Crippen molar-refractivity contribution in [1.29, 1.82) is 0 Å². The number of rotatable bonds is 5. The maximum absolute atomic E-state index is 12.4. The molecule has 7 heteroatoms. The number of halogens is 1. The van der Waals surface area contributed by atoms with Crippen molar-refractivity contribution in [3.8, 4) is 5.75 Å². The number of ketones is 1. The quantitative estimate of drug-likeness (QED) is 0.743. The number of carbonyl (C=O) groups is 1. The first-order chi connectivity index (χ1) is 12.0. The molecule has 0 atom stereocenters. The highest BCUT2D eigenvalue weighted by Crippen LogP contribution is 2.21. The summed E-state index contributed by atoms with van der Waals surface area (Å²) in [4.78, 5) is 12.4. The van der Waals surface area contributed by atoms with Gasteiger partial charge in [0.2, 0.25) is 0 Å². The third kappa shape index (κ3) is 4.39. The topological polar surface area (TPSA) is 63.7 Å². The summed E-state index contributed by atoms with van der Waals surface area (Å²) in [6, 6.07) is 12.7. The zero-order chi connectivity index (χ0) is 17.9. The summed E-state index contributed by atoms with van der Waals surface area (Å²) < 4.78 is 31.0. The van der Waals surface area contributed by atoms with Crippen LogP contribution >= 0.6 is 11.6 Å². The van der Waals surface area contributed by atoms with E-state index in [2.05, 4.69) is 0 Å². The summed E-state index contributed by atoms with van der Waals surface area (Å²) >= 11 is 5.82. The lowest BCUT2D eigenvalue weighted by molar-refractivity contribution is 0.103. The molecule has 0 aliphatic carbocycles. The summed E-state index contributed by atoms with van der Waals surface area (Å²) in [5, 5.41) is 0.559. The molecule has 0 amide bonds. The van der Waals surface area contributed by atoms with E-state index in [1.165, 1.54) is 16.4 Å². The first-order valence-electron chi connectivity index (χ1n) is 8.05. The van der Waals surface area contributed by atoms with Gasteiger partial charge in [0, 0.05) is 29.2 Å². The lowest BCUT2D eigenvalue weighted by Gasteiger charge is -2.25. The van der Waals surface area contributed by atoms with Gasteiger partial charge in [-0.05, 0) is 61.4 Å². The number of benzene rings is 2. The molecule has 1 saturated heterocycles. The van der Waals surface area contributed by atoms with E-state index in [1.54, 1.807) is 36.4 Å². The van der Waals surface area contributed by atoms with Crippen LogP contribution in [0.1, 0.15) is 35.2 Å². The molecule has 2 aromatic carbocycles. The van der Waals surface area contributed by atoms with Gasteiger partial charge in [-0.15, -0.1) is 0 Å². The minimum Gasteiger partial charge on any atom is -0.371 e. The molecule has 3 rings (SSSR count). The lowest BCUT2D eigenvalue weighted by atomic mass is 10.0. The maximum Gasteiger partial charge on any atom is 0.385 e. The van der Waals surface area contributed by atoms with Gasteiger partial charge in [-0.25, -0.2) is 0 Å². The van der Waals surface area contributed by atoms with Gasteiger partial charge in [-0.2, -0.15) is 12.7 Å². The number of carbonyl (C=O) groups excluding carboxylic acids is 1. The van der Waals surface area contributed by atoms with Crippen molar-refractivity contribution in [2.45, 2.75) is 19.3 Å². The normalized spacial score (nSPS) is 15.7. The fourth-order valence-corrected chi connectivity index (χ4v) is 3.98. The molecule has 132 valence electrons. The Morgan fingerprint density at radius 1 is 0.880 bits per heavy atom. The second-order valence-corrected chi connectivity index (χ2v) is 7.84. The van der Waals surface area contributed by atoms with Crippen LogP contribution in [0.25, 0.3) is 0 Å². The molecule has 0 N–H and O–H groups in total. The summed E-state index contributed by atoms with van der Waals surface area (Å²) in [7, 11) is -3.79. The van der Waals surface area contributed by atoms with E-state index in [1.807, 2.05) is 0 Å². The largest absolute Gasteiger partial charge is 0.385 e. The second-order valence-electron chi connectivity index (χ2n) is 5.86. The number of hydrogen-bond acceptors (Lipinski definition) is 4. The lowest BCUT2D eigenvalue weighted by Crippen LogP contribution is -2.38. The van der Waals surface area contributed by atoms with Crippen LogP contribution < -0.4 is 4.18 Å². The number of piperidine rings is 1. The van der Waals surface area contributed by atoms with E-state index >= 15 is 0 Å². The highest BCUT2D eigenvalue weighted by molar-refractivity contribution is 7.84. The van der Waals surface area contributed by atoms with Gasteiger partial charge >= 0.3 is 10.3 Å². The fraction of sp³-hybridized carbons (Fsp3) is 0.278. The van der Waals surface area contributed by atoms with Crippen LogP contribution in [-0.4, -0.2) is 31.6 Å². The van der Waals surface area contributed by atoms with Crippen LogP contribution in [-0.2, 0) is 10.3 Å². The Bertz CT molecular complexity index is 842. The van der Waals surface area contributed by atoms with Crippen molar-refractivity contribution in [1.82, 2.24) is 4.31 Å². The first kappa shape index (κ1) is 17.9. The van der Waals surface area contributed by atoms with Gasteiger partial charge in [-0.3, -0.25) is 4.79 Å². The Balaban J connectivity index is 1.71. The molecular weight excluding hydrogens is 362 g/mol. The third-order valence-corrected chi connectivity index (χ3v) is 5.71. The minimum absolute atomic E-state index is 0.165. The zero-order valence-corrected chi connectivity index (χ0v) is 15.1. The predicted molar refractivity (Wildman–Crippen MR) is 96.3 cm³/mol. The molecule has 0 radical (unpaired) electrons. The average Bonchev–Trinajstić information content (AvgIpc) is 2.63. The van der Waals surface area contributed by atoms with Crippen molar-refractivity contribution in [3.63, 3.8) is 0 Å². The van der Waals surface area contributed by atoms with Gasteiger partial charge in [0.05, 0.1) is 0 Å². The Labute approximate surface area is 152 Å². The highest BCUT2D eigenvalue weighted by atomic mass is 35.5. The van der Waals surface area contributed by atoms with Gasteiger partial charge < -0.3 is 4.18 Å². The molecule has 0 unspecified atom stereocenters. The van der Waals surface area contributed by atoms with Crippen molar-refractivity contribution < 1.29 is 17.4 Å². The molecule has 2 aromatic rings. The summed E-state index contributed by atoms with van der Waals surface area (Å²) in [6.45, 7) is 0.963. The number of hydrogen-bond donors (Lipinski definition) is 0. The monoisotopic (exact) mass is 379 g/mol. The van der Waals surface area contributed by atoms with Crippen LogP contribution in [0.15, 0.2) is 48.5 Å². The molecule has 5 nitrogen and oxygen atoms in total. The SMILES string of the molecule is O=C(c1ccc(Cl)cc1)c1ccc(OS(=O)(=O)N2CCCCC2)cc1. The molecule has 25 heavy (non-hydrogen) atoms. The van der Waals surface area contributed by atoms with Crippen LogP contribution in [0.5, 0.6) is 5.75 Å². The molecule has 0 spiro atoms. The van der Waals surface area contributed by atoms with E-state index in [-0.39, 0.29) is 11.5 Å². The Hall–Kier alpha value is -1.89. The molecule has 1 aliphatic rings. The van der Waals surface area contributed by atoms with Crippen molar-refractivity contribution in [3.05, 3.63) is 64.7 Å².